The Morgan fingerprint density at radius 1 is 0.933 bits per heavy atom. The minimum Gasteiger partial charge on any atom is -0.450 e. The first-order valence-corrected chi connectivity index (χ1v) is 10.5. The number of aromatic nitrogens is 1. The van der Waals surface area contributed by atoms with Crippen molar-refractivity contribution in [2.45, 2.75) is 41.0 Å². The highest BCUT2D eigenvalue weighted by Crippen LogP contribution is 2.48. The summed E-state index contributed by atoms with van der Waals surface area (Å²) >= 11 is 0. The van der Waals surface area contributed by atoms with Gasteiger partial charge in [0.2, 0.25) is 5.52 Å². The first kappa shape index (κ1) is 19.0. The maximum absolute atomic E-state index is 13.9. The standard InChI is InChI=1S/C27H27FNO/c1-15-9-19-10-17(14-27(3,4)5)11-22-25(19)24(16(15)2)26-23(30-22)13-18-12-20(28)7-8-21(18)29(26)6/h7-13H,14H2,1-6H3/q+1. The zero-order valence-corrected chi connectivity index (χ0v) is 18.5. The molecule has 0 fully saturated rings. The maximum atomic E-state index is 13.9. The quantitative estimate of drug-likeness (QED) is 0.278. The lowest BCUT2D eigenvalue weighted by molar-refractivity contribution is -0.633. The molecule has 0 amide bonds. The average molecular weight is 401 g/mol. The van der Waals surface area contributed by atoms with Crippen LogP contribution in [-0.4, -0.2) is 0 Å². The molecule has 0 aliphatic carbocycles. The molecule has 0 atom stereocenters. The molecule has 2 nitrogen and oxygen atoms in total. The SMILES string of the molecule is Cc1cc2cc(CC(C)(C)C)cc3c2c(c1C)-c1c(cc2cc(F)ccc2[n+]1C)O3. The predicted octanol–water partition coefficient (Wildman–Crippen LogP) is 6.93. The van der Waals surface area contributed by atoms with E-state index in [1.807, 2.05) is 19.2 Å². The highest BCUT2D eigenvalue weighted by Gasteiger charge is 2.32. The van der Waals surface area contributed by atoms with Crippen molar-refractivity contribution in [3.05, 3.63) is 65.0 Å². The van der Waals surface area contributed by atoms with Crippen molar-refractivity contribution in [1.29, 1.82) is 0 Å². The van der Waals surface area contributed by atoms with Crippen LogP contribution in [0, 0.1) is 25.1 Å². The Morgan fingerprint density at radius 3 is 2.43 bits per heavy atom. The molecule has 0 saturated carbocycles. The summed E-state index contributed by atoms with van der Waals surface area (Å²) in [5, 5.41) is 3.22. The minimum absolute atomic E-state index is 0.190. The van der Waals surface area contributed by atoms with Gasteiger partial charge < -0.3 is 4.74 Å². The summed E-state index contributed by atoms with van der Waals surface area (Å²) in [5.74, 6) is 1.44. The first-order valence-electron chi connectivity index (χ1n) is 10.5. The number of fused-ring (bicyclic) bond motifs is 3. The van der Waals surface area contributed by atoms with Crippen LogP contribution in [0.15, 0.2) is 42.5 Å². The lowest BCUT2D eigenvalue weighted by atomic mass is 9.85. The fraction of sp³-hybridized carbons (Fsp3) is 0.296. The van der Waals surface area contributed by atoms with Crippen LogP contribution in [0.4, 0.5) is 4.39 Å². The van der Waals surface area contributed by atoms with Crippen LogP contribution >= 0.6 is 0 Å². The van der Waals surface area contributed by atoms with Gasteiger partial charge in [0.05, 0.1) is 10.9 Å². The summed E-state index contributed by atoms with van der Waals surface area (Å²) in [6, 6.07) is 13.7. The molecule has 30 heavy (non-hydrogen) atoms. The second-order valence-electron chi connectivity index (χ2n) is 9.84. The third-order valence-corrected chi connectivity index (χ3v) is 6.18. The molecule has 5 rings (SSSR count). The van der Waals surface area contributed by atoms with Gasteiger partial charge in [-0.3, -0.25) is 0 Å². The maximum Gasteiger partial charge on any atom is 0.256 e. The molecule has 0 spiro atoms. The van der Waals surface area contributed by atoms with Crippen molar-refractivity contribution < 1.29 is 13.7 Å². The highest BCUT2D eigenvalue weighted by molar-refractivity contribution is 6.05. The second kappa shape index (κ2) is 6.28. The van der Waals surface area contributed by atoms with E-state index in [-0.39, 0.29) is 11.2 Å². The van der Waals surface area contributed by atoms with Gasteiger partial charge in [-0.25, -0.2) is 4.39 Å². The molecule has 0 unspecified atom stereocenters. The molecule has 0 saturated heterocycles. The van der Waals surface area contributed by atoms with Crippen molar-refractivity contribution in [3.63, 3.8) is 0 Å². The van der Waals surface area contributed by atoms with E-state index in [0.717, 1.165) is 34.5 Å². The predicted molar refractivity (Wildman–Crippen MR) is 121 cm³/mol. The van der Waals surface area contributed by atoms with Crippen LogP contribution in [-0.2, 0) is 13.5 Å². The third-order valence-electron chi connectivity index (χ3n) is 6.18. The number of pyridine rings is 1. The summed E-state index contributed by atoms with van der Waals surface area (Å²) in [5.41, 5.74) is 7.25. The average Bonchev–Trinajstić information content (AvgIpc) is 2.63. The number of rotatable bonds is 1. The topological polar surface area (TPSA) is 13.1 Å². The van der Waals surface area contributed by atoms with E-state index >= 15 is 0 Å². The molecule has 1 aromatic heterocycles. The van der Waals surface area contributed by atoms with Gasteiger partial charge in [0.25, 0.3) is 5.69 Å². The van der Waals surface area contributed by atoms with Crippen LogP contribution < -0.4 is 9.30 Å². The fourth-order valence-electron chi connectivity index (χ4n) is 4.82. The number of hydrogen-bond donors (Lipinski definition) is 0. The van der Waals surface area contributed by atoms with Crippen molar-refractivity contribution in [3.8, 4) is 22.8 Å². The molecule has 1 aliphatic heterocycles. The Hall–Kier alpha value is -2.94. The molecule has 0 N–H and O–H groups in total. The molecular formula is C27H27FNO+. The van der Waals surface area contributed by atoms with Gasteiger partial charge in [-0.15, -0.1) is 0 Å². The van der Waals surface area contributed by atoms with E-state index in [4.69, 9.17) is 4.74 Å². The Balaban J connectivity index is 1.88. The molecular weight excluding hydrogens is 373 g/mol. The van der Waals surface area contributed by atoms with E-state index in [2.05, 4.69) is 57.4 Å². The zero-order valence-electron chi connectivity index (χ0n) is 18.5. The molecule has 1 aliphatic rings. The van der Waals surface area contributed by atoms with Gasteiger partial charge in [0, 0.05) is 17.5 Å². The van der Waals surface area contributed by atoms with Crippen LogP contribution in [0.1, 0.15) is 37.5 Å². The fourth-order valence-corrected chi connectivity index (χ4v) is 4.82. The lowest BCUT2D eigenvalue weighted by Gasteiger charge is -2.24. The summed E-state index contributed by atoms with van der Waals surface area (Å²) in [7, 11) is 2.04. The Bertz CT molecular complexity index is 1360. The van der Waals surface area contributed by atoms with Crippen LogP contribution in [0.2, 0.25) is 0 Å². The smallest absolute Gasteiger partial charge is 0.256 e. The number of halogens is 1. The van der Waals surface area contributed by atoms with E-state index in [0.29, 0.717) is 0 Å². The summed E-state index contributed by atoms with van der Waals surface area (Å²) < 4.78 is 22.5. The number of nitrogens with zero attached hydrogens (tertiary/aromatic N) is 1. The largest absolute Gasteiger partial charge is 0.450 e. The monoisotopic (exact) mass is 400 g/mol. The summed E-state index contributed by atoms with van der Waals surface area (Å²) in [6.45, 7) is 11.1. The molecule has 2 heterocycles. The Kier molecular flexibility index (Phi) is 3.99. The van der Waals surface area contributed by atoms with E-state index in [1.54, 1.807) is 6.07 Å². The summed E-state index contributed by atoms with van der Waals surface area (Å²) in [4.78, 5) is 0. The van der Waals surface area contributed by atoms with Gasteiger partial charge in [0.1, 0.15) is 18.6 Å². The van der Waals surface area contributed by atoms with Gasteiger partial charge in [-0.05, 0) is 66.0 Å². The number of ether oxygens (including phenoxy) is 1. The molecule has 3 heteroatoms. The molecule has 152 valence electrons. The van der Waals surface area contributed by atoms with Gasteiger partial charge in [-0.2, -0.15) is 4.57 Å². The van der Waals surface area contributed by atoms with Gasteiger partial charge in [0.15, 0.2) is 5.75 Å². The van der Waals surface area contributed by atoms with Crippen molar-refractivity contribution in [1.82, 2.24) is 0 Å². The third kappa shape index (κ3) is 2.87. The number of aryl methyl sites for hydroxylation is 2. The van der Waals surface area contributed by atoms with Crippen LogP contribution in [0.5, 0.6) is 11.5 Å². The molecule has 0 bridgehead atoms. The highest BCUT2D eigenvalue weighted by atomic mass is 19.1. The normalized spacial score (nSPS) is 12.9. The lowest BCUT2D eigenvalue weighted by Crippen LogP contribution is -2.33. The van der Waals surface area contributed by atoms with E-state index in [9.17, 15) is 4.39 Å². The van der Waals surface area contributed by atoms with E-state index < -0.39 is 0 Å². The summed E-state index contributed by atoms with van der Waals surface area (Å²) in [6.07, 6.45) is 0.977. The van der Waals surface area contributed by atoms with Crippen LogP contribution in [0.25, 0.3) is 32.9 Å². The van der Waals surface area contributed by atoms with Crippen LogP contribution in [0.3, 0.4) is 0 Å². The Morgan fingerprint density at radius 2 is 1.70 bits per heavy atom. The van der Waals surface area contributed by atoms with Crippen molar-refractivity contribution >= 4 is 21.7 Å². The molecule has 4 aromatic rings. The Labute approximate surface area is 176 Å². The van der Waals surface area contributed by atoms with Crippen molar-refractivity contribution in [2.75, 3.05) is 0 Å². The van der Waals surface area contributed by atoms with Gasteiger partial charge >= 0.3 is 0 Å². The number of hydrogen-bond acceptors (Lipinski definition) is 1. The van der Waals surface area contributed by atoms with Gasteiger partial charge in [-0.1, -0.05) is 32.9 Å². The van der Waals surface area contributed by atoms with Crippen molar-refractivity contribution in [2.24, 2.45) is 12.5 Å². The molecule has 0 radical (unpaired) electrons. The molecule has 3 aromatic carbocycles. The number of benzene rings is 3. The second-order valence-corrected chi connectivity index (χ2v) is 9.84. The van der Waals surface area contributed by atoms with E-state index in [1.165, 1.54) is 39.1 Å². The first-order chi connectivity index (χ1) is 14.1. The zero-order chi connectivity index (χ0) is 21.4. The minimum atomic E-state index is -0.236.